The van der Waals surface area contributed by atoms with Crippen LogP contribution < -0.4 is 5.32 Å². The van der Waals surface area contributed by atoms with Crippen molar-refractivity contribution in [1.82, 2.24) is 5.32 Å². The molecule has 1 amide bonds. The zero-order chi connectivity index (χ0) is 13.1. The molecule has 1 atom stereocenters. The largest absolute Gasteiger partial charge is 0.387 e. The third-order valence-electron chi connectivity index (χ3n) is 2.91. The van der Waals surface area contributed by atoms with Crippen molar-refractivity contribution in [3.63, 3.8) is 0 Å². The molecule has 0 heterocycles. The van der Waals surface area contributed by atoms with Crippen LogP contribution >= 0.6 is 0 Å². The van der Waals surface area contributed by atoms with Gasteiger partial charge < -0.3 is 10.4 Å². The van der Waals surface area contributed by atoms with Crippen LogP contribution in [-0.4, -0.2) is 22.5 Å². The van der Waals surface area contributed by atoms with Gasteiger partial charge in [-0.1, -0.05) is 0 Å². The van der Waals surface area contributed by atoms with Crippen molar-refractivity contribution in [3.8, 4) is 0 Å². The molecule has 1 aliphatic rings. The van der Waals surface area contributed by atoms with Gasteiger partial charge in [0.25, 0.3) is 5.69 Å². The van der Waals surface area contributed by atoms with Crippen LogP contribution in [0.1, 0.15) is 24.5 Å². The minimum absolute atomic E-state index is 0.0204. The number of carbonyl (C=O) groups excluding carboxylic acids is 1. The summed E-state index contributed by atoms with van der Waals surface area (Å²) in [4.78, 5) is 21.3. The van der Waals surface area contributed by atoms with Gasteiger partial charge in [0, 0.05) is 24.6 Å². The Bertz CT molecular complexity index is 454. The number of nitro benzene ring substituents is 1. The molecule has 1 fully saturated rings. The molecule has 0 spiro atoms. The predicted molar refractivity (Wildman–Crippen MR) is 63.8 cm³/mol. The first-order chi connectivity index (χ1) is 8.58. The molecule has 1 saturated carbocycles. The first-order valence-corrected chi connectivity index (χ1v) is 5.78. The van der Waals surface area contributed by atoms with E-state index in [4.69, 9.17) is 0 Å². The zero-order valence-corrected chi connectivity index (χ0v) is 9.70. The number of benzene rings is 1. The Morgan fingerprint density at radius 1 is 1.44 bits per heavy atom. The lowest BCUT2D eigenvalue weighted by Gasteiger charge is -2.11. The van der Waals surface area contributed by atoms with E-state index < -0.39 is 11.0 Å². The van der Waals surface area contributed by atoms with Crippen LogP contribution in [0.4, 0.5) is 5.69 Å². The maximum absolute atomic E-state index is 11.4. The molecule has 1 aliphatic carbocycles. The van der Waals surface area contributed by atoms with E-state index in [1.807, 2.05) is 0 Å². The molecule has 6 nitrogen and oxygen atoms in total. The van der Waals surface area contributed by atoms with Gasteiger partial charge in [0.15, 0.2) is 0 Å². The van der Waals surface area contributed by atoms with Gasteiger partial charge in [0.1, 0.15) is 0 Å². The lowest BCUT2D eigenvalue weighted by Crippen LogP contribution is -2.29. The number of rotatable bonds is 5. The monoisotopic (exact) mass is 250 g/mol. The lowest BCUT2D eigenvalue weighted by molar-refractivity contribution is -0.384. The molecule has 6 heteroatoms. The maximum atomic E-state index is 11.4. The number of hydrogen-bond donors (Lipinski definition) is 2. The van der Waals surface area contributed by atoms with Crippen LogP contribution in [0.15, 0.2) is 24.3 Å². The van der Waals surface area contributed by atoms with E-state index in [0.717, 1.165) is 12.8 Å². The van der Waals surface area contributed by atoms with Gasteiger partial charge in [-0.3, -0.25) is 14.9 Å². The molecule has 2 rings (SSSR count). The van der Waals surface area contributed by atoms with Crippen molar-refractivity contribution in [2.75, 3.05) is 6.54 Å². The summed E-state index contributed by atoms with van der Waals surface area (Å²) in [5, 5.41) is 22.9. The summed E-state index contributed by atoms with van der Waals surface area (Å²) in [6.45, 7) is 0.132. The molecule has 96 valence electrons. The quantitative estimate of drug-likeness (QED) is 0.605. The van der Waals surface area contributed by atoms with Crippen LogP contribution in [-0.2, 0) is 4.79 Å². The standard InChI is InChI=1S/C12H14N2O4/c15-11(7-13-12(16)9-1-2-9)8-3-5-10(6-4-8)14(17)18/h3-6,9,11,15H,1-2,7H2,(H,13,16)/t11-/m0/s1. The van der Waals surface area contributed by atoms with Crippen LogP contribution in [0.5, 0.6) is 0 Å². The average Bonchev–Trinajstić information content (AvgIpc) is 3.20. The van der Waals surface area contributed by atoms with Gasteiger partial charge in [0.05, 0.1) is 11.0 Å². The maximum Gasteiger partial charge on any atom is 0.269 e. The molecule has 2 N–H and O–H groups in total. The smallest absolute Gasteiger partial charge is 0.269 e. The Balaban J connectivity index is 1.89. The molecule has 18 heavy (non-hydrogen) atoms. The fourth-order valence-corrected chi connectivity index (χ4v) is 1.62. The van der Waals surface area contributed by atoms with Gasteiger partial charge in [0.2, 0.25) is 5.91 Å². The highest BCUT2D eigenvalue weighted by Crippen LogP contribution is 2.28. The van der Waals surface area contributed by atoms with E-state index >= 15 is 0 Å². The Kier molecular flexibility index (Phi) is 3.57. The molecule has 1 aromatic rings. The first kappa shape index (κ1) is 12.5. The van der Waals surface area contributed by atoms with Crippen molar-refractivity contribution in [2.24, 2.45) is 5.92 Å². The van der Waals surface area contributed by atoms with Gasteiger partial charge in [-0.15, -0.1) is 0 Å². The minimum atomic E-state index is -0.839. The number of aliphatic hydroxyl groups excluding tert-OH is 1. The first-order valence-electron chi connectivity index (χ1n) is 5.78. The molecule has 0 aromatic heterocycles. The minimum Gasteiger partial charge on any atom is -0.387 e. The van der Waals surface area contributed by atoms with Gasteiger partial charge >= 0.3 is 0 Å². The van der Waals surface area contributed by atoms with Gasteiger partial charge in [-0.05, 0) is 30.5 Å². The number of nitrogens with one attached hydrogen (secondary N) is 1. The fraction of sp³-hybridized carbons (Fsp3) is 0.417. The normalized spacial score (nSPS) is 16.1. The van der Waals surface area contributed by atoms with Gasteiger partial charge in [-0.25, -0.2) is 0 Å². The molecular weight excluding hydrogens is 236 g/mol. The number of carbonyl (C=O) groups is 1. The van der Waals surface area contributed by atoms with E-state index in [9.17, 15) is 20.0 Å². The Hall–Kier alpha value is -1.95. The summed E-state index contributed by atoms with van der Waals surface area (Å²) in [7, 11) is 0. The molecular formula is C12H14N2O4. The van der Waals surface area contributed by atoms with E-state index in [0.29, 0.717) is 5.56 Å². The fourth-order valence-electron chi connectivity index (χ4n) is 1.62. The second kappa shape index (κ2) is 5.14. The van der Waals surface area contributed by atoms with Crippen LogP contribution in [0, 0.1) is 16.0 Å². The van der Waals surface area contributed by atoms with Crippen molar-refractivity contribution in [2.45, 2.75) is 18.9 Å². The van der Waals surface area contributed by atoms with Crippen LogP contribution in [0.3, 0.4) is 0 Å². The number of aliphatic hydroxyl groups is 1. The van der Waals surface area contributed by atoms with Crippen LogP contribution in [0.25, 0.3) is 0 Å². The second-order valence-corrected chi connectivity index (χ2v) is 4.38. The lowest BCUT2D eigenvalue weighted by atomic mass is 10.1. The summed E-state index contributed by atoms with van der Waals surface area (Å²) in [6.07, 6.45) is 0.993. The Labute approximate surface area is 104 Å². The highest BCUT2D eigenvalue weighted by Gasteiger charge is 2.29. The third kappa shape index (κ3) is 3.04. The van der Waals surface area contributed by atoms with Crippen molar-refractivity contribution >= 4 is 11.6 Å². The topological polar surface area (TPSA) is 92.5 Å². The molecule has 1 aromatic carbocycles. The van der Waals surface area contributed by atoms with E-state index in [2.05, 4.69) is 5.32 Å². The summed E-state index contributed by atoms with van der Waals surface area (Å²) in [5.74, 6) is 0.0741. The number of hydrogen-bond acceptors (Lipinski definition) is 4. The van der Waals surface area contributed by atoms with E-state index in [-0.39, 0.29) is 24.1 Å². The molecule has 0 bridgehead atoms. The average molecular weight is 250 g/mol. The molecule has 0 aliphatic heterocycles. The van der Waals surface area contributed by atoms with E-state index in [1.165, 1.54) is 24.3 Å². The Morgan fingerprint density at radius 2 is 2.06 bits per heavy atom. The second-order valence-electron chi connectivity index (χ2n) is 4.38. The molecule has 0 unspecified atom stereocenters. The number of nitro groups is 1. The summed E-state index contributed by atoms with van der Waals surface area (Å²) in [6, 6.07) is 5.65. The zero-order valence-electron chi connectivity index (χ0n) is 9.70. The molecule has 0 saturated heterocycles. The Morgan fingerprint density at radius 3 is 2.56 bits per heavy atom. The van der Waals surface area contributed by atoms with Gasteiger partial charge in [-0.2, -0.15) is 0 Å². The van der Waals surface area contributed by atoms with Crippen molar-refractivity contribution < 1.29 is 14.8 Å². The van der Waals surface area contributed by atoms with Crippen molar-refractivity contribution in [3.05, 3.63) is 39.9 Å². The highest BCUT2D eigenvalue weighted by molar-refractivity contribution is 5.80. The van der Waals surface area contributed by atoms with Crippen LogP contribution in [0.2, 0.25) is 0 Å². The summed E-state index contributed by atoms with van der Waals surface area (Å²) >= 11 is 0. The van der Waals surface area contributed by atoms with E-state index in [1.54, 1.807) is 0 Å². The summed E-state index contributed by atoms with van der Waals surface area (Å²) < 4.78 is 0. The highest BCUT2D eigenvalue weighted by atomic mass is 16.6. The number of nitrogens with zero attached hydrogens (tertiary/aromatic N) is 1. The number of amides is 1. The summed E-state index contributed by atoms with van der Waals surface area (Å²) in [5.41, 5.74) is 0.532. The molecule has 0 radical (unpaired) electrons. The SMILES string of the molecule is O=C(NC[C@H](O)c1ccc([N+](=O)[O-])cc1)C1CC1. The predicted octanol–water partition coefficient (Wildman–Crippen LogP) is 1.15. The number of non-ortho nitro benzene ring substituents is 1. The third-order valence-corrected chi connectivity index (χ3v) is 2.91. The van der Waals surface area contributed by atoms with Crippen molar-refractivity contribution in [1.29, 1.82) is 0 Å².